The lowest BCUT2D eigenvalue weighted by molar-refractivity contribution is 0.124. The lowest BCUT2D eigenvalue weighted by atomic mass is 10.2. The molecule has 1 heterocycles. The van der Waals surface area contributed by atoms with Gasteiger partial charge in [0.25, 0.3) is 0 Å². The Morgan fingerprint density at radius 2 is 2.24 bits per heavy atom. The number of nitrogens with one attached hydrogen (secondary N) is 1. The zero-order valence-electron chi connectivity index (χ0n) is 11.3. The molecule has 1 rings (SSSR count). The van der Waals surface area contributed by atoms with Crippen LogP contribution in [0, 0.1) is 5.92 Å². The molecule has 0 radical (unpaired) electrons. The maximum absolute atomic E-state index is 5.44. The molecule has 0 aliphatic rings. The van der Waals surface area contributed by atoms with Crippen LogP contribution in [0.4, 0.5) is 0 Å². The van der Waals surface area contributed by atoms with Gasteiger partial charge in [0, 0.05) is 25.6 Å². The summed E-state index contributed by atoms with van der Waals surface area (Å²) in [6.07, 6.45) is 2.48. The fraction of sp³-hybridized carbons (Fsp3) is 0.833. The molecule has 1 aromatic heterocycles. The molecule has 1 aromatic rings. The second-order valence-electron chi connectivity index (χ2n) is 4.60. The van der Waals surface area contributed by atoms with Crippen molar-refractivity contribution in [2.24, 2.45) is 5.92 Å². The summed E-state index contributed by atoms with van der Waals surface area (Å²) in [5.74, 6) is 1.60. The third kappa shape index (κ3) is 4.83. The standard InChI is InChI=1S/C12H24N4O/c1-5-17-8-11(13-4)6-12-14-9-15-16(12)7-10(2)3/h9-11,13H,5-8H2,1-4H3. The fourth-order valence-corrected chi connectivity index (χ4v) is 1.67. The Labute approximate surface area is 104 Å². The fourth-order valence-electron chi connectivity index (χ4n) is 1.67. The van der Waals surface area contributed by atoms with Gasteiger partial charge in [-0.15, -0.1) is 0 Å². The number of ether oxygens (including phenoxy) is 1. The summed E-state index contributed by atoms with van der Waals surface area (Å²) in [7, 11) is 1.95. The summed E-state index contributed by atoms with van der Waals surface area (Å²) in [4.78, 5) is 4.32. The first-order valence-electron chi connectivity index (χ1n) is 6.29. The SMILES string of the molecule is CCOCC(Cc1ncnn1CC(C)C)NC. The average Bonchev–Trinajstić information content (AvgIpc) is 2.70. The number of likely N-dealkylation sites (N-methyl/N-ethyl adjacent to an activating group) is 1. The Hall–Kier alpha value is -0.940. The molecule has 0 fully saturated rings. The molecule has 0 amide bonds. The van der Waals surface area contributed by atoms with Gasteiger partial charge in [-0.05, 0) is 19.9 Å². The average molecular weight is 240 g/mol. The number of rotatable bonds is 8. The van der Waals surface area contributed by atoms with Crippen LogP contribution in [-0.2, 0) is 17.7 Å². The van der Waals surface area contributed by atoms with Crippen LogP contribution in [0.25, 0.3) is 0 Å². The third-order valence-corrected chi connectivity index (χ3v) is 2.59. The Bertz CT molecular complexity index is 311. The van der Waals surface area contributed by atoms with Crippen molar-refractivity contribution in [1.29, 1.82) is 0 Å². The van der Waals surface area contributed by atoms with E-state index in [2.05, 4.69) is 29.2 Å². The maximum atomic E-state index is 5.44. The van der Waals surface area contributed by atoms with Gasteiger partial charge < -0.3 is 10.1 Å². The van der Waals surface area contributed by atoms with E-state index < -0.39 is 0 Å². The molecule has 0 aromatic carbocycles. The van der Waals surface area contributed by atoms with E-state index in [9.17, 15) is 0 Å². The largest absolute Gasteiger partial charge is 0.380 e. The molecular weight excluding hydrogens is 216 g/mol. The van der Waals surface area contributed by atoms with E-state index in [0.717, 1.165) is 25.4 Å². The Balaban J connectivity index is 2.56. The van der Waals surface area contributed by atoms with E-state index in [1.165, 1.54) is 0 Å². The van der Waals surface area contributed by atoms with Crippen molar-refractivity contribution in [1.82, 2.24) is 20.1 Å². The van der Waals surface area contributed by atoms with E-state index >= 15 is 0 Å². The van der Waals surface area contributed by atoms with Crippen LogP contribution in [0.5, 0.6) is 0 Å². The third-order valence-electron chi connectivity index (χ3n) is 2.59. The van der Waals surface area contributed by atoms with Crippen LogP contribution < -0.4 is 5.32 Å². The Kier molecular flexibility index (Phi) is 6.15. The Morgan fingerprint density at radius 1 is 1.47 bits per heavy atom. The van der Waals surface area contributed by atoms with Gasteiger partial charge in [-0.25, -0.2) is 9.67 Å². The van der Waals surface area contributed by atoms with Gasteiger partial charge in [-0.2, -0.15) is 5.10 Å². The minimum absolute atomic E-state index is 0.296. The van der Waals surface area contributed by atoms with E-state index in [-0.39, 0.29) is 0 Å². The second-order valence-corrected chi connectivity index (χ2v) is 4.60. The number of nitrogens with zero attached hydrogens (tertiary/aromatic N) is 3. The van der Waals surface area contributed by atoms with Crippen molar-refractivity contribution >= 4 is 0 Å². The molecule has 0 aliphatic carbocycles. The highest BCUT2D eigenvalue weighted by Gasteiger charge is 2.12. The van der Waals surface area contributed by atoms with Crippen molar-refractivity contribution < 1.29 is 4.74 Å². The number of hydrogen-bond donors (Lipinski definition) is 1. The van der Waals surface area contributed by atoms with Crippen LogP contribution in [0.2, 0.25) is 0 Å². The van der Waals surface area contributed by atoms with Crippen LogP contribution in [-0.4, -0.2) is 41.1 Å². The molecule has 1 N–H and O–H groups in total. The topological polar surface area (TPSA) is 52.0 Å². The predicted octanol–water partition coefficient (Wildman–Crippen LogP) is 1.10. The molecule has 0 spiro atoms. The van der Waals surface area contributed by atoms with Crippen molar-refractivity contribution in [2.75, 3.05) is 20.3 Å². The molecule has 0 saturated carbocycles. The van der Waals surface area contributed by atoms with Crippen LogP contribution in [0.3, 0.4) is 0 Å². The first-order valence-corrected chi connectivity index (χ1v) is 6.29. The van der Waals surface area contributed by atoms with E-state index in [4.69, 9.17) is 4.74 Å². The van der Waals surface area contributed by atoms with Gasteiger partial charge in [0.05, 0.1) is 6.61 Å². The lowest BCUT2D eigenvalue weighted by Gasteiger charge is -2.16. The summed E-state index contributed by atoms with van der Waals surface area (Å²) in [5, 5.41) is 7.51. The van der Waals surface area contributed by atoms with Crippen molar-refractivity contribution in [3.63, 3.8) is 0 Å². The van der Waals surface area contributed by atoms with Crippen LogP contribution in [0.15, 0.2) is 6.33 Å². The predicted molar refractivity (Wildman–Crippen MR) is 67.9 cm³/mol. The summed E-state index contributed by atoms with van der Waals surface area (Å²) in [5.41, 5.74) is 0. The zero-order chi connectivity index (χ0) is 12.7. The van der Waals surface area contributed by atoms with Gasteiger partial charge in [0.15, 0.2) is 0 Å². The molecular formula is C12H24N4O. The molecule has 0 saturated heterocycles. The molecule has 1 atom stereocenters. The van der Waals surface area contributed by atoms with Gasteiger partial charge in [0.1, 0.15) is 12.2 Å². The highest BCUT2D eigenvalue weighted by molar-refractivity contribution is 4.89. The van der Waals surface area contributed by atoms with Crippen LogP contribution in [0.1, 0.15) is 26.6 Å². The van der Waals surface area contributed by atoms with Gasteiger partial charge in [-0.3, -0.25) is 0 Å². The molecule has 98 valence electrons. The Morgan fingerprint density at radius 3 is 2.82 bits per heavy atom. The molecule has 17 heavy (non-hydrogen) atoms. The first kappa shape index (κ1) is 14.1. The normalized spacial score (nSPS) is 13.2. The maximum Gasteiger partial charge on any atom is 0.138 e. The molecule has 5 nitrogen and oxygen atoms in total. The monoisotopic (exact) mass is 240 g/mol. The van der Waals surface area contributed by atoms with Gasteiger partial charge >= 0.3 is 0 Å². The molecule has 0 bridgehead atoms. The highest BCUT2D eigenvalue weighted by Crippen LogP contribution is 2.04. The summed E-state index contributed by atoms with van der Waals surface area (Å²) < 4.78 is 7.42. The van der Waals surface area contributed by atoms with E-state index in [1.807, 2.05) is 18.7 Å². The van der Waals surface area contributed by atoms with Crippen LogP contribution >= 0.6 is 0 Å². The summed E-state index contributed by atoms with van der Waals surface area (Å²) in [6.45, 7) is 8.75. The number of hydrogen-bond acceptors (Lipinski definition) is 4. The highest BCUT2D eigenvalue weighted by atomic mass is 16.5. The lowest BCUT2D eigenvalue weighted by Crippen LogP contribution is -2.33. The van der Waals surface area contributed by atoms with Gasteiger partial charge in [-0.1, -0.05) is 13.8 Å². The van der Waals surface area contributed by atoms with Crippen molar-refractivity contribution in [3.05, 3.63) is 12.2 Å². The minimum atomic E-state index is 0.296. The minimum Gasteiger partial charge on any atom is -0.380 e. The second kappa shape index (κ2) is 7.40. The quantitative estimate of drug-likeness (QED) is 0.739. The first-order chi connectivity index (χ1) is 8.17. The van der Waals surface area contributed by atoms with Gasteiger partial charge in [0.2, 0.25) is 0 Å². The van der Waals surface area contributed by atoms with E-state index in [1.54, 1.807) is 6.33 Å². The molecule has 1 unspecified atom stereocenters. The summed E-state index contributed by atoms with van der Waals surface area (Å²) in [6, 6.07) is 0.296. The zero-order valence-corrected chi connectivity index (χ0v) is 11.3. The molecule has 5 heteroatoms. The van der Waals surface area contributed by atoms with Crippen molar-refractivity contribution in [2.45, 2.75) is 39.8 Å². The summed E-state index contributed by atoms with van der Waals surface area (Å²) >= 11 is 0. The molecule has 0 aliphatic heterocycles. The smallest absolute Gasteiger partial charge is 0.138 e. The van der Waals surface area contributed by atoms with E-state index in [0.29, 0.717) is 18.6 Å². The number of aromatic nitrogens is 3. The van der Waals surface area contributed by atoms with Crippen molar-refractivity contribution in [3.8, 4) is 0 Å².